The normalized spacial score (nSPS) is 13.0. The highest BCUT2D eigenvalue weighted by atomic mass is 32.2. The van der Waals surface area contributed by atoms with Crippen LogP contribution in [0.3, 0.4) is 0 Å². The minimum atomic E-state index is -3.77. The summed E-state index contributed by atoms with van der Waals surface area (Å²) in [5.74, 6) is -0.154. The third kappa shape index (κ3) is 7.71. The van der Waals surface area contributed by atoms with Crippen LogP contribution >= 0.6 is 0 Å². The number of anilines is 1. The fraction of sp³-hybridized carbons (Fsp3) is 0.462. The first-order valence-corrected chi connectivity index (χ1v) is 13.5. The van der Waals surface area contributed by atoms with Crippen LogP contribution in [0.4, 0.5) is 5.69 Å². The van der Waals surface area contributed by atoms with Gasteiger partial charge in [-0.15, -0.1) is 0 Å². The molecular weight excluding hydrogens is 466 g/mol. The SMILES string of the molecule is CC[C@H](C)NC(=O)[C@H](C)N(Cc1cccc(OC)c1)C(=O)CN(c1cc(C)ccc1C)S(C)(=O)=O. The van der Waals surface area contributed by atoms with E-state index in [1.54, 1.807) is 45.2 Å². The molecule has 0 spiro atoms. The highest BCUT2D eigenvalue weighted by Crippen LogP contribution is 2.25. The number of hydrogen-bond acceptors (Lipinski definition) is 5. The van der Waals surface area contributed by atoms with E-state index in [1.165, 1.54) is 4.90 Å². The maximum Gasteiger partial charge on any atom is 0.244 e. The Bertz CT molecular complexity index is 1150. The van der Waals surface area contributed by atoms with Crippen molar-refractivity contribution in [1.82, 2.24) is 10.2 Å². The van der Waals surface area contributed by atoms with E-state index >= 15 is 0 Å². The van der Waals surface area contributed by atoms with Gasteiger partial charge in [-0.2, -0.15) is 0 Å². The summed E-state index contributed by atoms with van der Waals surface area (Å²) in [5, 5.41) is 2.92. The summed E-state index contributed by atoms with van der Waals surface area (Å²) in [6.45, 7) is 8.87. The van der Waals surface area contributed by atoms with Crippen molar-refractivity contribution >= 4 is 27.5 Å². The molecule has 2 amide bonds. The average molecular weight is 504 g/mol. The number of nitrogens with zero attached hydrogens (tertiary/aromatic N) is 2. The summed E-state index contributed by atoms with van der Waals surface area (Å²) in [6.07, 6.45) is 1.82. The van der Waals surface area contributed by atoms with E-state index < -0.39 is 28.5 Å². The van der Waals surface area contributed by atoms with Gasteiger partial charge in [-0.25, -0.2) is 8.42 Å². The minimum Gasteiger partial charge on any atom is -0.497 e. The lowest BCUT2D eigenvalue weighted by atomic mass is 10.1. The topological polar surface area (TPSA) is 96.0 Å². The molecule has 0 saturated carbocycles. The van der Waals surface area contributed by atoms with Gasteiger partial charge in [-0.1, -0.05) is 31.2 Å². The van der Waals surface area contributed by atoms with E-state index in [9.17, 15) is 18.0 Å². The average Bonchev–Trinajstić information content (AvgIpc) is 2.81. The van der Waals surface area contributed by atoms with Crippen molar-refractivity contribution in [3.8, 4) is 5.75 Å². The van der Waals surface area contributed by atoms with E-state index in [1.807, 2.05) is 39.0 Å². The van der Waals surface area contributed by atoms with E-state index in [0.29, 0.717) is 11.4 Å². The van der Waals surface area contributed by atoms with Gasteiger partial charge < -0.3 is 15.0 Å². The van der Waals surface area contributed by atoms with E-state index in [4.69, 9.17) is 4.74 Å². The van der Waals surface area contributed by atoms with Crippen LogP contribution in [0.2, 0.25) is 0 Å². The zero-order chi connectivity index (χ0) is 26.3. The predicted octanol–water partition coefficient (Wildman–Crippen LogP) is 3.41. The summed E-state index contributed by atoms with van der Waals surface area (Å²) >= 11 is 0. The number of methoxy groups -OCH3 is 1. The third-order valence-corrected chi connectivity index (χ3v) is 7.09. The van der Waals surface area contributed by atoms with E-state index in [-0.39, 0.29) is 18.5 Å². The Morgan fingerprint density at radius 1 is 1.09 bits per heavy atom. The fourth-order valence-corrected chi connectivity index (χ4v) is 4.50. The zero-order valence-corrected chi connectivity index (χ0v) is 22.5. The standard InChI is InChI=1S/C26H37N3O5S/c1-8-20(4)27-26(31)21(5)28(16-22-10-9-11-23(15-22)34-6)25(30)17-29(35(7,32)33)24-14-18(2)12-13-19(24)3/h9-15,20-21H,8,16-17H2,1-7H3,(H,27,31)/t20-,21-/m0/s1. The quantitative estimate of drug-likeness (QED) is 0.507. The molecule has 8 nitrogen and oxygen atoms in total. The second-order valence-corrected chi connectivity index (χ2v) is 10.8. The molecule has 2 atom stereocenters. The molecule has 0 aliphatic heterocycles. The first-order valence-electron chi connectivity index (χ1n) is 11.6. The van der Waals surface area contributed by atoms with Crippen molar-refractivity contribution in [2.75, 3.05) is 24.2 Å². The van der Waals surface area contributed by atoms with Crippen molar-refractivity contribution in [3.05, 3.63) is 59.2 Å². The van der Waals surface area contributed by atoms with Gasteiger partial charge in [0.25, 0.3) is 0 Å². The second-order valence-electron chi connectivity index (χ2n) is 8.93. The molecule has 2 aromatic rings. The van der Waals surface area contributed by atoms with Crippen LogP contribution in [0.25, 0.3) is 0 Å². The second kappa shape index (κ2) is 12.1. The van der Waals surface area contributed by atoms with Crippen molar-refractivity contribution in [2.45, 2.75) is 59.7 Å². The van der Waals surface area contributed by atoms with Gasteiger partial charge in [0.1, 0.15) is 18.3 Å². The smallest absolute Gasteiger partial charge is 0.244 e. The Balaban J connectivity index is 2.44. The number of amides is 2. The van der Waals surface area contributed by atoms with Crippen molar-refractivity contribution < 1.29 is 22.7 Å². The van der Waals surface area contributed by atoms with Crippen molar-refractivity contribution in [2.24, 2.45) is 0 Å². The molecule has 35 heavy (non-hydrogen) atoms. The summed E-state index contributed by atoms with van der Waals surface area (Å²) in [7, 11) is -2.22. The number of carbonyl (C=O) groups excluding carboxylic acids is 2. The van der Waals surface area contributed by atoms with E-state index in [2.05, 4.69) is 5.32 Å². The van der Waals surface area contributed by atoms with Gasteiger partial charge in [0, 0.05) is 12.6 Å². The highest BCUT2D eigenvalue weighted by molar-refractivity contribution is 7.92. The van der Waals surface area contributed by atoms with Gasteiger partial charge in [-0.3, -0.25) is 13.9 Å². The molecule has 0 radical (unpaired) electrons. The summed E-state index contributed by atoms with van der Waals surface area (Å²) in [4.78, 5) is 28.0. The number of benzene rings is 2. The van der Waals surface area contributed by atoms with Crippen LogP contribution in [-0.2, 0) is 26.2 Å². The van der Waals surface area contributed by atoms with Crippen LogP contribution in [-0.4, -0.2) is 57.1 Å². The molecule has 2 aromatic carbocycles. The number of carbonyl (C=O) groups is 2. The van der Waals surface area contributed by atoms with Gasteiger partial charge in [0.2, 0.25) is 21.8 Å². The number of hydrogen-bond donors (Lipinski definition) is 1. The molecule has 192 valence electrons. The van der Waals surface area contributed by atoms with E-state index in [0.717, 1.165) is 33.7 Å². The molecule has 0 aliphatic carbocycles. The Morgan fingerprint density at radius 3 is 2.37 bits per heavy atom. The lowest BCUT2D eigenvalue weighted by Gasteiger charge is -2.32. The Labute approximate surface area is 209 Å². The summed E-state index contributed by atoms with van der Waals surface area (Å²) in [5.41, 5.74) is 2.81. The maximum atomic E-state index is 13.6. The fourth-order valence-electron chi connectivity index (χ4n) is 3.60. The molecule has 0 saturated heterocycles. The molecule has 0 fully saturated rings. The summed E-state index contributed by atoms with van der Waals surface area (Å²) in [6, 6.07) is 11.8. The highest BCUT2D eigenvalue weighted by Gasteiger charge is 2.31. The van der Waals surface area contributed by atoms with Crippen LogP contribution < -0.4 is 14.4 Å². The van der Waals surface area contributed by atoms with Gasteiger partial charge >= 0.3 is 0 Å². The van der Waals surface area contributed by atoms with Crippen molar-refractivity contribution in [1.29, 1.82) is 0 Å². The molecule has 0 unspecified atom stereocenters. The number of nitrogens with one attached hydrogen (secondary N) is 1. The molecule has 0 heterocycles. The first kappa shape index (κ1) is 28.2. The minimum absolute atomic E-state index is 0.0545. The predicted molar refractivity (Wildman–Crippen MR) is 139 cm³/mol. The molecular formula is C26H37N3O5S. The molecule has 0 bridgehead atoms. The van der Waals surface area contributed by atoms with Crippen LogP contribution in [0.15, 0.2) is 42.5 Å². The monoisotopic (exact) mass is 503 g/mol. The van der Waals surface area contributed by atoms with Crippen LogP contribution in [0, 0.1) is 13.8 Å². The third-order valence-electron chi connectivity index (χ3n) is 5.97. The van der Waals surface area contributed by atoms with Gasteiger partial charge in [0.05, 0.1) is 19.1 Å². The van der Waals surface area contributed by atoms with Crippen LogP contribution in [0.1, 0.15) is 43.9 Å². The first-order chi connectivity index (χ1) is 16.4. The molecule has 2 rings (SSSR count). The largest absolute Gasteiger partial charge is 0.497 e. The number of aryl methyl sites for hydroxylation is 2. The van der Waals surface area contributed by atoms with Gasteiger partial charge in [-0.05, 0) is 69.0 Å². The van der Waals surface area contributed by atoms with Gasteiger partial charge in [0.15, 0.2) is 0 Å². The Kier molecular flexibility index (Phi) is 9.71. The Morgan fingerprint density at radius 2 is 1.77 bits per heavy atom. The molecule has 0 aromatic heterocycles. The zero-order valence-electron chi connectivity index (χ0n) is 21.7. The van der Waals surface area contributed by atoms with Crippen LogP contribution in [0.5, 0.6) is 5.75 Å². The maximum absolute atomic E-state index is 13.6. The summed E-state index contributed by atoms with van der Waals surface area (Å²) < 4.78 is 31.9. The number of sulfonamides is 1. The molecule has 0 aliphatic rings. The number of ether oxygens (including phenoxy) is 1. The lowest BCUT2D eigenvalue weighted by Crippen LogP contribution is -2.52. The molecule has 1 N–H and O–H groups in total. The number of rotatable bonds is 11. The molecule has 9 heteroatoms. The Hall–Kier alpha value is -3.07. The van der Waals surface area contributed by atoms with Crippen molar-refractivity contribution in [3.63, 3.8) is 0 Å². The lowest BCUT2D eigenvalue weighted by molar-refractivity contribution is -0.139.